The largest absolute Gasteiger partial charge is 0.337 e. The average molecular weight is 369 g/mol. The molecule has 2 heterocycles. The van der Waals surface area contributed by atoms with Crippen LogP contribution in [-0.2, 0) is 4.79 Å². The molecule has 0 radical (unpaired) electrons. The highest BCUT2D eigenvalue weighted by Crippen LogP contribution is 2.30. The zero-order valence-electron chi connectivity index (χ0n) is 16.0. The summed E-state index contributed by atoms with van der Waals surface area (Å²) in [5.74, 6) is 1.21. The lowest BCUT2D eigenvalue weighted by molar-refractivity contribution is -0.131. The fourth-order valence-electron chi connectivity index (χ4n) is 3.60. The third-order valence-electron chi connectivity index (χ3n) is 5.27. The first kappa shape index (κ1) is 17.8. The summed E-state index contributed by atoms with van der Waals surface area (Å²) in [5.41, 5.74) is 1.54. The van der Waals surface area contributed by atoms with Crippen molar-refractivity contribution >= 4 is 28.9 Å². The van der Waals surface area contributed by atoms with Crippen LogP contribution >= 0.6 is 0 Å². The number of rotatable bonds is 5. The Balaban J connectivity index is 1.60. The molecular formula is C20H27N5O2. The Morgan fingerprint density at radius 1 is 1.26 bits per heavy atom. The quantitative estimate of drug-likeness (QED) is 0.879. The van der Waals surface area contributed by atoms with E-state index in [-0.39, 0.29) is 18.5 Å². The van der Waals surface area contributed by atoms with Gasteiger partial charge in [0, 0.05) is 25.7 Å². The van der Waals surface area contributed by atoms with E-state index in [0.717, 1.165) is 30.3 Å². The highest BCUT2D eigenvalue weighted by atomic mass is 16.2. The summed E-state index contributed by atoms with van der Waals surface area (Å²) in [5, 5.41) is 3.00. The van der Waals surface area contributed by atoms with Gasteiger partial charge in [-0.1, -0.05) is 26.0 Å². The van der Waals surface area contributed by atoms with E-state index in [0.29, 0.717) is 37.5 Å². The lowest BCUT2D eigenvalue weighted by Gasteiger charge is -2.35. The Bertz CT molecular complexity index is 855. The molecule has 1 aliphatic heterocycles. The van der Waals surface area contributed by atoms with Gasteiger partial charge in [-0.05, 0) is 37.3 Å². The molecule has 7 heteroatoms. The maximum Gasteiger partial charge on any atom is 0.328 e. The number of hydrogen-bond acceptors (Lipinski definition) is 4. The Kier molecular flexibility index (Phi) is 4.76. The van der Waals surface area contributed by atoms with Gasteiger partial charge in [-0.2, -0.15) is 0 Å². The standard InChI is InChI=1S/C20H27N5O2/c1-14(2)9-10-21-20(27)25-17-6-4-3-5-16(17)22-19(25)23-11-12-24(15-7-8-15)18(26)13-23/h3-6,14-15H,7-13H2,1-2H3,(H,21,27). The monoisotopic (exact) mass is 369 g/mol. The number of para-hydroxylation sites is 2. The number of hydrogen-bond donors (Lipinski definition) is 1. The molecule has 1 saturated carbocycles. The zero-order valence-corrected chi connectivity index (χ0v) is 16.0. The van der Waals surface area contributed by atoms with Crippen LogP contribution in [0.15, 0.2) is 24.3 Å². The van der Waals surface area contributed by atoms with Crippen LogP contribution in [0, 0.1) is 5.92 Å². The first-order chi connectivity index (χ1) is 13.0. The van der Waals surface area contributed by atoms with Crippen molar-refractivity contribution in [1.82, 2.24) is 19.8 Å². The van der Waals surface area contributed by atoms with Gasteiger partial charge in [0.05, 0.1) is 17.6 Å². The minimum atomic E-state index is -0.184. The van der Waals surface area contributed by atoms with Gasteiger partial charge in [0.25, 0.3) is 0 Å². The topological polar surface area (TPSA) is 70.5 Å². The van der Waals surface area contributed by atoms with Crippen LogP contribution in [0.2, 0.25) is 0 Å². The molecular weight excluding hydrogens is 342 g/mol. The Morgan fingerprint density at radius 2 is 2.04 bits per heavy atom. The summed E-state index contributed by atoms with van der Waals surface area (Å²) < 4.78 is 1.62. The first-order valence-corrected chi connectivity index (χ1v) is 9.84. The molecule has 27 heavy (non-hydrogen) atoms. The van der Waals surface area contributed by atoms with Gasteiger partial charge in [0.15, 0.2) is 0 Å². The van der Waals surface area contributed by atoms with E-state index in [4.69, 9.17) is 0 Å². The van der Waals surface area contributed by atoms with Gasteiger partial charge < -0.3 is 15.1 Å². The number of fused-ring (bicyclic) bond motifs is 1. The van der Waals surface area contributed by atoms with E-state index in [1.807, 2.05) is 34.1 Å². The van der Waals surface area contributed by atoms with Gasteiger partial charge in [0.2, 0.25) is 11.9 Å². The molecule has 0 unspecified atom stereocenters. The van der Waals surface area contributed by atoms with Crippen molar-refractivity contribution in [3.05, 3.63) is 24.3 Å². The normalized spacial score (nSPS) is 17.8. The fraction of sp³-hybridized carbons (Fsp3) is 0.550. The number of benzene rings is 1. The van der Waals surface area contributed by atoms with Crippen molar-refractivity contribution < 1.29 is 9.59 Å². The maximum absolute atomic E-state index is 12.9. The second kappa shape index (κ2) is 7.21. The third-order valence-corrected chi connectivity index (χ3v) is 5.27. The molecule has 1 N–H and O–H groups in total. The molecule has 1 aliphatic carbocycles. The minimum Gasteiger partial charge on any atom is -0.337 e. The van der Waals surface area contributed by atoms with E-state index in [2.05, 4.69) is 24.1 Å². The Morgan fingerprint density at radius 3 is 2.74 bits per heavy atom. The molecule has 7 nitrogen and oxygen atoms in total. The molecule has 0 atom stereocenters. The smallest absolute Gasteiger partial charge is 0.328 e. The summed E-state index contributed by atoms with van der Waals surface area (Å²) in [6.07, 6.45) is 3.15. The Labute approximate surface area is 159 Å². The second-order valence-electron chi connectivity index (χ2n) is 7.89. The summed E-state index contributed by atoms with van der Waals surface area (Å²) in [7, 11) is 0. The molecule has 1 saturated heterocycles. The lowest BCUT2D eigenvalue weighted by atomic mass is 10.1. The third kappa shape index (κ3) is 3.63. The van der Waals surface area contributed by atoms with E-state index < -0.39 is 0 Å². The minimum absolute atomic E-state index is 0.127. The van der Waals surface area contributed by atoms with Gasteiger partial charge in [0.1, 0.15) is 0 Å². The number of imidazole rings is 1. The molecule has 2 aromatic rings. The molecule has 4 rings (SSSR count). The van der Waals surface area contributed by atoms with E-state index in [1.54, 1.807) is 4.57 Å². The van der Waals surface area contributed by atoms with Crippen LogP contribution < -0.4 is 10.2 Å². The van der Waals surface area contributed by atoms with E-state index in [1.165, 1.54) is 0 Å². The highest BCUT2D eigenvalue weighted by Gasteiger charge is 2.37. The SMILES string of the molecule is CC(C)CCNC(=O)n1c(N2CCN(C3CC3)C(=O)C2)nc2ccccc21. The van der Waals surface area contributed by atoms with Crippen molar-refractivity contribution in [2.75, 3.05) is 31.1 Å². The number of amides is 2. The van der Waals surface area contributed by atoms with E-state index >= 15 is 0 Å². The van der Waals surface area contributed by atoms with Crippen LogP contribution in [0.4, 0.5) is 10.7 Å². The number of nitrogens with one attached hydrogen (secondary N) is 1. The summed E-state index contributed by atoms with van der Waals surface area (Å²) in [6.45, 7) is 6.56. The summed E-state index contributed by atoms with van der Waals surface area (Å²) >= 11 is 0. The molecule has 1 aromatic heterocycles. The van der Waals surface area contributed by atoms with Crippen molar-refractivity contribution in [1.29, 1.82) is 0 Å². The highest BCUT2D eigenvalue weighted by molar-refractivity contribution is 5.94. The van der Waals surface area contributed by atoms with Crippen LogP contribution in [0.25, 0.3) is 11.0 Å². The summed E-state index contributed by atoms with van der Waals surface area (Å²) in [6, 6.07) is 7.86. The van der Waals surface area contributed by atoms with Crippen molar-refractivity contribution in [3.63, 3.8) is 0 Å². The number of piperazine rings is 1. The zero-order chi connectivity index (χ0) is 19.0. The van der Waals surface area contributed by atoms with Crippen LogP contribution in [0.3, 0.4) is 0 Å². The van der Waals surface area contributed by atoms with Gasteiger partial charge in [-0.15, -0.1) is 0 Å². The van der Waals surface area contributed by atoms with Crippen LogP contribution in [-0.4, -0.2) is 58.6 Å². The number of nitrogens with zero attached hydrogens (tertiary/aromatic N) is 4. The average Bonchev–Trinajstić information content (AvgIpc) is 3.40. The molecule has 0 bridgehead atoms. The van der Waals surface area contributed by atoms with Crippen LogP contribution in [0.1, 0.15) is 33.1 Å². The fourth-order valence-corrected chi connectivity index (χ4v) is 3.60. The molecule has 1 aromatic carbocycles. The van der Waals surface area contributed by atoms with Gasteiger partial charge in [-0.3, -0.25) is 4.79 Å². The molecule has 2 aliphatic rings. The summed E-state index contributed by atoms with van der Waals surface area (Å²) in [4.78, 5) is 34.1. The number of aromatic nitrogens is 2. The van der Waals surface area contributed by atoms with Gasteiger partial charge >= 0.3 is 6.03 Å². The van der Waals surface area contributed by atoms with Crippen molar-refractivity contribution in [2.45, 2.75) is 39.2 Å². The lowest BCUT2D eigenvalue weighted by Crippen LogP contribution is -2.52. The molecule has 2 fully saturated rings. The van der Waals surface area contributed by atoms with E-state index in [9.17, 15) is 9.59 Å². The maximum atomic E-state index is 12.9. The predicted molar refractivity (Wildman–Crippen MR) is 105 cm³/mol. The second-order valence-corrected chi connectivity index (χ2v) is 7.89. The number of carbonyl (C=O) groups excluding carboxylic acids is 2. The number of carbonyl (C=O) groups is 2. The van der Waals surface area contributed by atoms with Crippen molar-refractivity contribution in [3.8, 4) is 0 Å². The molecule has 144 valence electrons. The first-order valence-electron chi connectivity index (χ1n) is 9.84. The number of anilines is 1. The molecule has 2 amide bonds. The predicted octanol–water partition coefficient (Wildman–Crippen LogP) is 2.45. The Hall–Kier alpha value is -2.57. The van der Waals surface area contributed by atoms with Crippen molar-refractivity contribution in [2.24, 2.45) is 5.92 Å². The van der Waals surface area contributed by atoms with Gasteiger partial charge in [-0.25, -0.2) is 14.3 Å². The van der Waals surface area contributed by atoms with Crippen LogP contribution in [0.5, 0.6) is 0 Å². The molecule has 0 spiro atoms.